The van der Waals surface area contributed by atoms with E-state index in [0.29, 0.717) is 10.0 Å². The number of benzene rings is 1. The van der Waals surface area contributed by atoms with Crippen LogP contribution in [-0.4, -0.2) is 6.29 Å². The number of carbonyl (C=O) groups is 1. The maximum atomic E-state index is 12.7. The lowest BCUT2D eigenvalue weighted by Gasteiger charge is -1.99. The third-order valence-corrected chi connectivity index (χ3v) is 2.22. The molecule has 0 aliphatic rings. The van der Waals surface area contributed by atoms with Crippen molar-refractivity contribution in [2.24, 2.45) is 0 Å². The van der Waals surface area contributed by atoms with Crippen LogP contribution < -0.4 is 0 Å². The summed E-state index contributed by atoms with van der Waals surface area (Å²) in [5.41, 5.74) is 0.681. The summed E-state index contributed by atoms with van der Waals surface area (Å²) in [6, 6.07) is 4.64. The molecule has 0 saturated carbocycles. The van der Waals surface area contributed by atoms with E-state index in [4.69, 9.17) is 0 Å². The lowest BCUT2D eigenvalue weighted by molar-refractivity contribution is -0.107. The van der Waals surface area contributed by atoms with Crippen molar-refractivity contribution in [2.45, 2.75) is 6.42 Å². The highest BCUT2D eigenvalue weighted by Crippen LogP contribution is 2.19. The van der Waals surface area contributed by atoms with E-state index in [0.717, 1.165) is 6.29 Å². The fourth-order valence-corrected chi connectivity index (χ4v) is 1.22. The van der Waals surface area contributed by atoms with E-state index in [1.165, 1.54) is 6.07 Å². The molecule has 1 rings (SSSR count). The second-order valence-electron chi connectivity index (χ2n) is 2.08. The molecule has 1 nitrogen and oxygen atoms in total. The lowest BCUT2D eigenvalue weighted by atomic mass is 10.2. The average molecular weight is 217 g/mol. The molecule has 0 saturated heterocycles. The van der Waals surface area contributed by atoms with E-state index in [1.54, 1.807) is 12.1 Å². The molecule has 0 spiro atoms. The molecule has 0 N–H and O–H groups in total. The summed E-state index contributed by atoms with van der Waals surface area (Å²) >= 11 is 3.05. The monoisotopic (exact) mass is 216 g/mol. The van der Waals surface area contributed by atoms with Gasteiger partial charge < -0.3 is 4.79 Å². The highest BCUT2D eigenvalue weighted by molar-refractivity contribution is 9.10. The van der Waals surface area contributed by atoms with E-state index in [2.05, 4.69) is 15.9 Å². The third kappa shape index (κ3) is 1.87. The fourth-order valence-electron chi connectivity index (χ4n) is 0.796. The zero-order valence-corrected chi connectivity index (χ0v) is 7.27. The number of halogens is 2. The number of carbonyl (C=O) groups excluding carboxylic acids is 1. The van der Waals surface area contributed by atoms with Crippen molar-refractivity contribution in [3.8, 4) is 0 Å². The minimum absolute atomic E-state index is 0.248. The van der Waals surface area contributed by atoms with Crippen molar-refractivity contribution < 1.29 is 9.18 Å². The van der Waals surface area contributed by atoms with Crippen molar-refractivity contribution in [2.75, 3.05) is 0 Å². The topological polar surface area (TPSA) is 17.1 Å². The average Bonchev–Trinajstić information content (AvgIpc) is 1.99. The van der Waals surface area contributed by atoms with Crippen LogP contribution >= 0.6 is 15.9 Å². The Bertz CT molecular complexity index is 273. The Morgan fingerprint density at radius 2 is 2.27 bits per heavy atom. The molecule has 0 fully saturated rings. The first-order valence-corrected chi connectivity index (χ1v) is 3.91. The summed E-state index contributed by atoms with van der Waals surface area (Å²) in [5.74, 6) is -0.329. The van der Waals surface area contributed by atoms with Gasteiger partial charge in [-0.3, -0.25) is 0 Å². The van der Waals surface area contributed by atoms with E-state index in [1.807, 2.05) is 0 Å². The number of hydrogen-bond acceptors (Lipinski definition) is 1. The first kappa shape index (κ1) is 8.40. The zero-order chi connectivity index (χ0) is 8.27. The number of rotatable bonds is 2. The van der Waals surface area contributed by atoms with E-state index >= 15 is 0 Å². The lowest BCUT2D eigenvalue weighted by Crippen LogP contribution is -1.89. The molecular formula is C8H6BrFO. The minimum atomic E-state index is -0.329. The molecule has 0 aliphatic heterocycles. The Labute approximate surface area is 72.4 Å². The Morgan fingerprint density at radius 3 is 2.91 bits per heavy atom. The van der Waals surface area contributed by atoms with Gasteiger partial charge in [0.15, 0.2) is 0 Å². The van der Waals surface area contributed by atoms with Crippen LogP contribution in [-0.2, 0) is 11.2 Å². The highest BCUT2D eigenvalue weighted by atomic mass is 79.9. The van der Waals surface area contributed by atoms with Gasteiger partial charge in [-0.05, 0) is 27.6 Å². The predicted molar refractivity (Wildman–Crippen MR) is 43.9 cm³/mol. The normalized spacial score (nSPS) is 9.64. The summed E-state index contributed by atoms with van der Waals surface area (Å²) in [5, 5.41) is 0. The van der Waals surface area contributed by atoms with Gasteiger partial charge in [0.2, 0.25) is 0 Å². The predicted octanol–water partition coefficient (Wildman–Crippen LogP) is 2.33. The molecule has 11 heavy (non-hydrogen) atoms. The molecule has 1 aromatic rings. The van der Waals surface area contributed by atoms with Gasteiger partial charge >= 0.3 is 0 Å². The van der Waals surface area contributed by atoms with Crippen LogP contribution in [0.4, 0.5) is 4.39 Å². The van der Waals surface area contributed by atoms with Gasteiger partial charge in [-0.1, -0.05) is 12.1 Å². The van der Waals surface area contributed by atoms with Crippen LogP contribution in [0.1, 0.15) is 5.56 Å². The first-order chi connectivity index (χ1) is 5.25. The van der Waals surface area contributed by atoms with E-state index < -0.39 is 0 Å². The summed E-state index contributed by atoms with van der Waals surface area (Å²) in [6.45, 7) is 0. The molecule has 0 unspecified atom stereocenters. The molecule has 58 valence electrons. The molecule has 0 heterocycles. The number of hydrogen-bond donors (Lipinski definition) is 0. The van der Waals surface area contributed by atoms with Crippen LogP contribution in [0.2, 0.25) is 0 Å². The van der Waals surface area contributed by atoms with Crippen molar-refractivity contribution in [1.82, 2.24) is 0 Å². The molecule has 0 amide bonds. The molecule has 0 aromatic heterocycles. The van der Waals surface area contributed by atoms with Gasteiger partial charge in [0.1, 0.15) is 12.1 Å². The SMILES string of the molecule is O=CCc1cccc(F)c1Br. The van der Waals surface area contributed by atoms with Gasteiger partial charge in [-0.25, -0.2) is 4.39 Å². The van der Waals surface area contributed by atoms with Crippen molar-refractivity contribution in [3.63, 3.8) is 0 Å². The fraction of sp³-hybridized carbons (Fsp3) is 0.125. The standard InChI is InChI=1S/C8H6BrFO/c9-8-6(4-5-11)2-1-3-7(8)10/h1-3,5H,4H2. The Kier molecular flexibility index (Phi) is 2.76. The van der Waals surface area contributed by atoms with Crippen LogP contribution in [0.25, 0.3) is 0 Å². The first-order valence-electron chi connectivity index (χ1n) is 3.12. The van der Waals surface area contributed by atoms with E-state index in [-0.39, 0.29) is 12.2 Å². The smallest absolute Gasteiger partial charge is 0.137 e. The third-order valence-electron chi connectivity index (χ3n) is 1.33. The van der Waals surface area contributed by atoms with Crippen molar-refractivity contribution >= 4 is 22.2 Å². The molecule has 0 aliphatic carbocycles. The maximum absolute atomic E-state index is 12.7. The number of aldehydes is 1. The second kappa shape index (κ2) is 3.62. The summed E-state index contributed by atoms with van der Waals surface area (Å²) < 4.78 is 13.1. The van der Waals surface area contributed by atoms with Crippen molar-refractivity contribution in [3.05, 3.63) is 34.1 Å². The van der Waals surface area contributed by atoms with Gasteiger partial charge in [-0.2, -0.15) is 0 Å². The molecule has 0 atom stereocenters. The molecule has 0 bridgehead atoms. The van der Waals surface area contributed by atoms with Gasteiger partial charge in [-0.15, -0.1) is 0 Å². The maximum Gasteiger partial charge on any atom is 0.137 e. The highest BCUT2D eigenvalue weighted by Gasteiger charge is 2.02. The zero-order valence-electron chi connectivity index (χ0n) is 5.68. The van der Waals surface area contributed by atoms with Crippen molar-refractivity contribution in [1.29, 1.82) is 0 Å². The molecule has 3 heteroatoms. The Morgan fingerprint density at radius 1 is 1.55 bits per heavy atom. The largest absolute Gasteiger partial charge is 0.303 e. The molecular weight excluding hydrogens is 211 g/mol. The van der Waals surface area contributed by atoms with Crippen LogP contribution in [0.15, 0.2) is 22.7 Å². The van der Waals surface area contributed by atoms with Crippen LogP contribution in [0.5, 0.6) is 0 Å². The summed E-state index contributed by atoms with van der Waals surface area (Å²) in [7, 11) is 0. The quantitative estimate of drug-likeness (QED) is 0.694. The molecule has 0 radical (unpaired) electrons. The second-order valence-corrected chi connectivity index (χ2v) is 2.88. The Hall–Kier alpha value is -0.700. The van der Waals surface area contributed by atoms with Gasteiger partial charge in [0.05, 0.1) is 4.47 Å². The summed E-state index contributed by atoms with van der Waals surface area (Å²) in [4.78, 5) is 10.1. The summed E-state index contributed by atoms with van der Waals surface area (Å²) in [6.07, 6.45) is 0.998. The molecule has 1 aromatic carbocycles. The minimum Gasteiger partial charge on any atom is -0.303 e. The van der Waals surface area contributed by atoms with E-state index in [9.17, 15) is 9.18 Å². The van der Waals surface area contributed by atoms with Gasteiger partial charge in [0, 0.05) is 6.42 Å². The van der Waals surface area contributed by atoms with Crippen LogP contribution in [0, 0.1) is 5.82 Å². The Balaban J connectivity index is 3.05. The van der Waals surface area contributed by atoms with Gasteiger partial charge in [0.25, 0.3) is 0 Å². The van der Waals surface area contributed by atoms with Crippen LogP contribution in [0.3, 0.4) is 0 Å².